The van der Waals surface area contributed by atoms with Crippen molar-refractivity contribution in [2.24, 2.45) is 34.5 Å². The molecule has 0 unspecified atom stereocenters. The van der Waals surface area contributed by atoms with E-state index in [1.54, 1.807) is 6.08 Å². The Kier molecular flexibility index (Phi) is 4.06. The minimum Gasteiger partial charge on any atom is -0.462 e. The molecule has 0 aromatic heterocycles. The molecule has 27 heavy (non-hydrogen) atoms. The molecule has 6 atom stereocenters. The Morgan fingerprint density at radius 3 is 2.63 bits per heavy atom. The number of aliphatic hydroxyl groups is 1. The van der Waals surface area contributed by atoms with Gasteiger partial charge in [-0.1, -0.05) is 19.4 Å². The lowest BCUT2D eigenvalue weighted by Crippen LogP contribution is -2.55. The molecule has 0 amide bonds. The van der Waals surface area contributed by atoms with E-state index >= 15 is 0 Å². The Balaban J connectivity index is 1.45. The zero-order chi connectivity index (χ0) is 18.9. The second-order valence-electron chi connectivity index (χ2n) is 9.95. The van der Waals surface area contributed by atoms with Crippen molar-refractivity contribution in [2.75, 3.05) is 26.4 Å². The monoisotopic (exact) mass is 376 g/mol. The van der Waals surface area contributed by atoms with Crippen LogP contribution in [0.1, 0.15) is 52.4 Å². The molecule has 5 heteroatoms. The molecule has 4 fully saturated rings. The maximum atomic E-state index is 11.8. The van der Waals surface area contributed by atoms with Gasteiger partial charge in [-0.3, -0.25) is 0 Å². The number of carbonyl (C=O) groups is 1. The average molecular weight is 376 g/mol. The SMILES string of the molecule is C[C@]12CC[C@H]3[C@@H](CCC4=CC(=O)OC[C@@]43C)[C@@H]1CC[C@@H]2C1(CO)OCCO1. The van der Waals surface area contributed by atoms with Crippen molar-refractivity contribution in [2.45, 2.75) is 58.2 Å². The van der Waals surface area contributed by atoms with Crippen LogP contribution in [0.3, 0.4) is 0 Å². The predicted molar refractivity (Wildman–Crippen MR) is 98.6 cm³/mol. The van der Waals surface area contributed by atoms with E-state index < -0.39 is 5.79 Å². The number of esters is 1. The number of hydrogen-bond donors (Lipinski definition) is 1. The maximum Gasteiger partial charge on any atom is 0.330 e. The van der Waals surface area contributed by atoms with Crippen LogP contribution in [0.5, 0.6) is 0 Å². The standard InChI is InChI=1S/C22H32O5/c1-20-8-7-17-15(4-3-14-11-19(24)25-13-21(14,17)2)16(20)5-6-18(20)22(12-23)26-9-10-27-22/h11,15-18,23H,3-10,12-13H2,1-2H3/t15-,16-,17-,18-,20-,21-/m0/s1. The molecule has 1 N–H and O–H groups in total. The molecule has 2 heterocycles. The molecule has 3 saturated carbocycles. The highest BCUT2D eigenvalue weighted by atomic mass is 16.7. The number of rotatable bonds is 2. The Labute approximate surface area is 161 Å². The summed E-state index contributed by atoms with van der Waals surface area (Å²) in [7, 11) is 0. The van der Waals surface area contributed by atoms with Gasteiger partial charge in [0.1, 0.15) is 6.61 Å². The van der Waals surface area contributed by atoms with Crippen LogP contribution in [0.15, 0.2) is 11.6 Å². The quantitative estimate of drug-likeness (QED) is 0.751. The van der Waals surface area contributed by atoms with Crippen LogP contribution < -0.4 is 0 Å². The van der Waals surface area contributed by atoms with Gasteiger partial charge in [0.15, 0.2) is 5.79 Å². The van der Waals surface area contributed by atoms with Crippen LogP contribution in [0.25, 0.3) is 0 Å². The van der Waals surface area contributed by atoms with Crippen LogP contribution in [0.4, 0.5) is 0 Å². The van der Waals surface area contributed by atoms with Crippen LogP contribution in [0, 0.1) is 34.5 Å². The second kappa shape index (κ2) is 6.04. The summed E-state index contributed by atoms with van der Waals surface area (Å²) in [5.74, 6) is 1.18. The van der Waals surface area contributed by atoms with E-state index in [9.17, 15) is 9.90 Å². The van der Waals surface area contributed by atoms with E-state index in [2.05, 4.69) is 13.8 Å². The van der Waals surface area contributed by atoms with Crippen molar-refractivity contribution in [1.82, 2.24) is 0 Å². The third kappa shape index (κ3) is 2.37. The Bertz CT molecular complexity index is 666. The van der Waals surface area contributed by atoms with Crippen LogP contribution in [0.2, 0.25) is 0 Å². The molecule has 3 aliphatic carbocycles. The highest BCUT2D eigenvalue weighted by Gasteiger charge is 2.64. The maximum absolute atomic E-state index is 11.8. The molecule has 5 aliphatic rings. The first-order valence-electron chi connectivity index (χ1n) is 10.7. The minimum atomic E-state index is -0.791. The summed E-state index contributed by atoms with van der Waals surface area (Å²) in [6.45, 7) is 6.40. The molecule has 150 valence electrons. The molecule has 0 aromatic carbocycles. The lowest BCUT2D eigenvalue weighted by atomic mass is 9.48. The summed E-state index contributed by atoms with van der Waals surface area (Å²) in [5.41, 5.74) is 1.47. The number of cyclic esters (lactones) is 1. The predicted octanol–water partition coefficient (Wildman–Crippen LogP) is 3.06. The van der Waals surface area contributed by atoms with Crippen molar-refractivity contribution in [3.05, 3.63) is 11.6 Å². The van der Waals surface area contributed by atoms with Gasteiger partial charge in [-0.15, -0.1) is 0 Å². The fraction of sp³-hybridized carbons (Fsp3) is 0.864. The van der Waals surface area contributed by atoms with Gasteiger partial charge in [-0.2, -0.15) is 0 Å². The van der Waals surface area contributed by atoms with Crippen LogP contribution >= 0.6 is 0 Å². The fourth-order valence-electron chi connectivity index (χ4n) is 7.76. The number of fused-ring (bicyclic) bond motifs is 5. The van der Waals surface area contributed by atoms with Crippen molar-refractivity contribution in [3.8, 4) is 0 Å². The molecule has 2 aliphatic heterocycles. The molecule has 0 radical (unpaired) electrons. The Morgan fingerprint density at radius 2 is 1.89 bits per heavy atom. The normalized spacial score (nSPS) is 48.3. The summed E-state index contributed by atoms with van der Waals surface area (Å²) in [6, 6.07) is 0. The van der Waals surface area contributed by atoms with Crippen LogP contribution in [-0.2, 0) is 19.0 Å². The van der Waals surface area contributed by atoms with E-state index in [0.29, 0.717) is 37.6 Å². The molecule has 0 aromatic rings. The van der Waals surface area contributed by atoms with Gasteiger partial charge in [-0.05, 0) is 61.7 Å². The topological polar surface area (TPSA) is 65.0 Å². The Morgan fingerprint density at radius 1 is 1.11 bits per heavy atom. The molecule has 0 spiro atoms. The summed E-state index contributed by atoms with van der Waals surface area (Å²) >= 11 is 0. The van der Waals surface area contributed by atoms with Crippen molar-refractivity contribution in [1.29, 1.82) is 0 Å². The van der Waals surface area contributed by atoms with Crippen molar-refractivity contribution < 1.29 is 24.1 Å². The summed E-state index contributed by atoms with van der Waals surface area (Å²) in [6.07, 6.45) is 8.50. The van der Waals surface area contributed by atoms with Crippen LogP contribution in [-0.4, -0.2) is 43.3 Å². The molecular weight excluding hydrogens is 344 g/mol. The first kappa shape index (κ1) is 18.1. The van der Waals surface area contributed by atoms with Gasteiger partial charge in [0.25, 0.3) is 0 Å². The van der Waals surface area contributed by atoms with E-state index in [-0.39, 0.29) is 29.3 Å². The molecule has 1 saturated heterocycles. The van der Waals surface area contributed by atoms with Gasteiger partial charge < -0.3 is 19.3 Å². The fourth-order valence-corrected chi connectivity index (χ4v) is 7.76. The van der Waals surface area contributed by atoms with Gasteiger partial charge in [0, 0.05) is 17.4 Å². The third-order valence-corrected chi connectivity index (χ3v) is 9.07. The minimum absolute atomic E-state index is 0.00523. The summed E-state index contributed by atoms with van der Waals surface area (Å²) in [4.78, 5) is 11.8. The van der Waals surface area contributed by atoms with Gasteiger partial charge >= 0.3 is 5.97 Å². The van der Waals surface area contributed by atoms with Gasteiger partial charge in [-0.25, -0.2) is 4.79 Å². The molecule has 0 bridgehead atoms. The van der Waals surface area contributed by atoms with Crippen molar-refractivity contribution >= 4 is 5.97 Å². The number of hydrogen-bond acceptors (Lipinski definition) is 5. The highest BCUT2D eigenvalue weighted by molar-refractivity contribution is 5.84. The number of carbonyl (C=O) groups excluding carboxylic acids is 1. The smallest absolute Gasteiger partial charge is 0.330 e. The summed E-state index contributed by atoms with van der Waals surface area (Å²) in [5, 5.41) is 10.1. The van der Waals surface area contributed by atoms with Gasteiger partial charge in [0.2, 0.25) is 0 Å². The van der Waals surface area contributed by atoms with E-state index in [1.807, 2.05) is 0 Å². The molecule has 5 nitrogen and oxygen atoms in total. The second-order valence-corrected chi connectivity index (χ2v) is 9.95. The van der Waals surface area contributed by atoms with E-state index in [0.717, 1.165) is 25.7 Å². The van der Waals surface area contributed by atoms with E-state index in [4.69, 9.17) is 14.2 Å². The highest BCUT2D eigenvalue weighted by Crippen LogP contribution is 2.67. The number of ether oxygens (including phenoxy) is 3. The lowest BCUT2D eigenvalue weighted by Gasteiger charge is -2.58. The summed E-state index contributed by atoms with van der Waals surface area (Å²) < 4.78 is 17.5. The third-order valence-electron chi connectivity index (χ3n) is 9.07. The average Bonchev–Trinajstić information content (AvgIpc) is 3.27. The number of aliphatic hydroxyl groups excluding tert-OH is 1. The lowest BCUT2D eigenvalue weighted by molar-refractivity contribution is -0.245. The zero-order valence-electron chi connectivity index (χ0n) is 16.5. The molecular formula is C22H32O5. The van der Waals surface area contributed by atoms with Gasteiger partial charge in [0.05, 0.1) is 19.8 Å². The largest absolute Gasteiger partial charge is 0.462 e. The zero-order valence-corrected chi connectivity index (χ0v) is 16.5. The first-order chi connectivity index (χ1) is 12.9. The van der Waals surface area contributed by atoms with E-state index in [1.165, 1.54) is 18.4 Å². The first-order valence-corrected chi connectivity index (χ1v) is 10.7. The van der Waals surface area contributed by atoms with Crippen molar-refractivity contribution in [3.63, 3.8) is 0 Å². The Hall–Kier alpha value is -0.910. The molecule has 5 rings (SSSR count).